The predicted molar refractivity (Wildman–Crippen MR) is 113 cm³/mol. The Morgan fingerprint density at radius 1 is 1.30 bits per heavy atom. The van der Waals surface area contributed by atoms with Gasteiger partial charge in [-0.25, -0.2) is 5.43 Å². The van der Waals surface area contributed by atoms with Gasteiger partial charge in [0.25, 0.3) is 0 Å². The summed E-state index contributed by atoms with van der Waals surface area (Å²) in [4.78, 5) is 12.3. The second kappa shape index (κ2) is 7.64. The number of rotatable bonds is 4. The van der Waals surface area contributed by atoms with Gasteiger partial charge >= 0.3 is 0 Å². The fourth-order valence-corrected chi connectivity index (χ4v) is 3.85. The molecule has 1 fully saturated rings. The van der Waals surface area contributed by atoms with Gasteiger partial charge in [-0.2, -0.15) is 5.10 Å². The summed E-state index contributed by atoms with van der Waals surface area (Å²) in [5, 5.41) is 14.1. The second-order valence-electron chi connectivity index (χ2n) is 7.88. The number of benzene rings is 2. The summed E-state index contributed by atoms with van der Waals surface area (Å²) in [5.41, 5.74) is 5.57. The third kappa shape index (κ3) is 4.71. The van der Waals surface area contributed by atoms with Gasteiger partial charge in [0.1, 0.15) is 5.75 Å². The van der Waals surface area contributed by atoms with Crippen LogP contribution < -0.4 is 5.43 Å². The molecule has 2 N–H and O–H groups in total. The predicted octanol–water partition coefficient (Wildman–Crippen LogP) is 5.36. The van der Waals surface area contributed by atoms with Crippen LogP contribution in [-0.2, 0) is 10.2 Å². The smallest absolute Gasteiger partial charge is 0.243 e. The van der Waals surface area contributed by atoms with Gasteiger partial charge in [0.2, 0.25) is 5.91 Å². The van der Waals surface area contributed by atoms with E-state index in [1.54, 1.807) is 12.1 Å². The fourth-order valence-electron chi connectivity index (χ4n) is 3.02. The molecule has 142 valence electrons. The molecule has 0 radical (unpaired) electrons. The number of halogens is 2. The van der Waals surface area contributed by atoms with Crippen molar-refractivity contribution >= 4 is 39.7 Å². The van der Waals surface area contributed by atoms with E-state index in [9.17, 15) is 9.90 Å². The molecule has 2 atom stereocenters. The molecule has 2 aromatic carbocycles. The minimum absolute atomic E-state index is 0.0673. The maximum Gasteiger partial charge on any atom is 0.243 e. The summed E-state index contributed by atoms with van der Waals surface area (Å²) in [6.45, 7) is 6.55. The Balaban J connectivity index is 1.59. The number of nitrogens with one attached hydrogen (secondary N) is 1. The lowest BCUT2D eigenvalue weighted by molar-refractivity contribution is -0.122. The first kappa shape index (κ1) is 19.9. The van der Waals surface area contributed by atoms with Gasteiger partial charge in [0.15, 0.2) is 0 Å². The molecule has 0 aliphatic heterocycles. The number of phenolic OH excluding ortho intramolecular Hbond substituents is 1. The van der Waals surface area contributed by atoms with Crippen molar-refractivity contribution in [3.8, 4) is 5.75 Å². The summed E-state index contributed by atoms with van der Waals surface area (Å²) in [6.07, 6.45) is 2.21. The molecular weight excluding hydrogens is 428 g/mol. The standard InChI is InChI=1S/C21H22BrClN2O2/c1-21(2,3)14-6-4-12(5-7-14)16-10-17(16)20(27)25-24-11-13-8-15(22)9-18(23)19(13)26/h4-9,11,16-17,26H,10H2,1-3H3,(H,25,27)/b24-11-. The fraction of sp³-hybridized carbons (Fsp3) is 0.333. The normalized spacial score (nSPS) is 19.3. The van der Waals surface area contributed by atoms with Crippen LogP contribution in [0.25, 0.3) is 0 Å². The van der Waals surface area contributed by atoms with Crippen LogP contribution in [0.4, 0.5) is 0 Å². The number of nitrogens with zero attached hydrogens (tertiary/aromatic N) is 1. The zero-order valence-corrected chi connectivity index (χ0v) is 17.8. The Bertz CT molecular complexity index is 888. The van der Waals surface area contributed by atoms with Gasteiger partial charge in [-0.05, 0) is 41.0 Å². The van der Waals surface area contributed by atoms with E-state index in [1.807, 2.05) is 0 Å². The highest BCUT2D eigenvalue weighted by Crippen LogP contribution is 2.47. The Hall–Kier alpha value is -1.85. The van der Waals surface area contributed by atoms with Crippen molar-refractivity contribution in [3.05, 3.63) is 62.6 Å². The number of aromatic hydroxyl groups is 1. The summed E-state index contributed by atoms with van der Waals surface area (Å²) >= 11 is 9.23. The molecule has 2 aromatic rings. The SMILES string of the molecule is CC(C)(C)c1ccc(C2CC2C(=O)N/N=C\c2cc(Br)cc(Cl)c2O)cc1. The van der Waals surface area contributed by atoms with Crippen molar-refractivity contribution in [1.29, 1.82) is 0 Å². The first-order chi connectivity index (χ1) is 12.7. The molecule has 0 saturated heterocycles. The minimum atomic E-state index is -0.114. The minimum Gasteiger partial charge on any atom is -0.506 e. The molecule has 27 heavy (non-hydrogen) atoms. The number of carbonyl (C=O) groups is 1. The average Bonchev–Trinajstić information content (AvgIpc) is 3.39. The molecule has 0 heterocycles. The van der Waals surface area contributed by atoms with E-state index < -0.39 is 0 Å². The van der Waals surface area contributed by atoms with E-state index in [0.29, 0.717) is 5.56 Å². The van der Waals surface area contributed by atoms with Crippen molar-refractivity contribution in [2.75, 3.05) is 0 Å². The van der Waals surface area contributed by atoms with Crippen molar-refractivity contribution in [2.24, 2.45) is 11.0 Å². The van der Waals surface area contributed by atoms with Crippen LogP contribution in [0.15, 0.2) is 46.0 Å². The Morgan fingerprint density at radius 3 is 2.59 bits per heavy atom. The third-order valence-corrected chi connectivity index (χ3v) is 5.51. The van der Waals surface area contributed by atoms with E-state index in [2.05, 4.69) is 71.5 Å². The molecule has 3 rings (SSSR count). The summed E-state index contributed by atoms with van der Waals surface area (Å²) in [7, 11) is 0. The van der Waals surface area contributed by atoms with Crippen LogP contribution in [0.1, 0.15) is 49.8 Å². The first-order valence-corrected chi connectivity index (χ1v) is 9.95. The number of phenols is 1. The van der Waals surface area contributed by atoms with E-state index in [1.165, 1.54) is 17.3 Å². The van der Waals surface area contributed by atoms with E-state index in [4.69, 9.17) is 11.6 Å². The topological polar surface area (TPSA) is 61.7 Å². The molecule has 0 spiro atoms. The zero-order valence-electron chi connectivity index (χ0n) is 15.5. The molecule has 6 heteroatoms. The molecule has 0 aromatic heterocycles. The molecule has 1 saturated carbocycles. The number of carbonyl (C=O) groups excluding carboxylic acids is 1. The van der Waals surface area contributed by atoms with Gasteiger partial charge in [0.05, 0.1) is 11.2 Å². The van der Waals surface area contributed by atoms with Crippen molar-refractivity contribution in [3.63, 3.8) is 0 Å². The molecule has 2 unspecified atom stereocenters. The largest absolute Gasteiger partial charge is 0.506 e. The number of hydrogen-bond donors (Lipinski definition) is 2. The van der Waals surface area contributed by atoms with Crippen LogP contribution in [0.5, 0.6) is 5.75 Å². The van der Waals surface area contributed by atoms with Crippen LogP contribution in [0, 0.1) is 5.92 Å². The summed E-state index contributed by atoms with van der Waals surface area (Å²) in [5.74, 6) is -0.0110. The second-order valence-corrected chi connectivity index (χ2v) is 9.20. The summed E-state index contributed by atoms with van der Waals surface area (Å²) in [6, 6.07) is 11.8. The maximum absolute atomic E-state index is 12.3. The molecule has 1 aliphatic rings. The van der Waals surface area contributed by atoms with Crippen molar-refractivity contribution < 1.29 is 9.90 Å². The Morgan fingerprint density at radius 2 is 1.96 bits per heavy atom. The van der Waals surface area contributed by atoms with Crippen molar-refractivity contribution in [1.82, 2.24) is 5.43 Å². The van der Waals surface area contributed by atoms with Gasteiger partial charge in [-0.3, -0.25) is 4.79 Å². The molecular formula is C21H22BrClN2O2. The van der Waals surface area contributed by atoms with Crippen LogP contribution in [0.3, 0.4) is 0 Å². The monoisotopic (exact) mass is 448 g/mol. The zero-order chi connectivity index (χ0) is 19.8. The lowest BCUT2D eigenvalue weighted by Gasteiger charge is -2.19. The Labute approximate surface area is 172 Å². The van der Waals surface area contributed by atoms with Gasteiger partial charge < -0.3 is 5.11 Å². The quantitative estimate of drug-likeness (QED) is 0.487. The molecule has 1 amide bonds. The van der Waals surface area contributed by atoms with Gasteiger partial charge in [-0.15, -0.1) is 0 Å². The highest BCUT2D eigenvalue weighted by atomic mass is 79.9. The number of hydrogen-bond acceptors (Lipinski definition) is 3. The van der Waals surface area contributed by atoms with Crippen molar-refractivity contribution in [2.45, 2.75) is 38.5 Å². The first-order valence-electron chi connectivity index (χ1n) is 8.78. The molecule has 0 bridgehead atoms. The van der Waals surface area contributed by atoms with Crippen LogP contribution >= 0.6 is 27.5 Å². The van der Waals surface area contributed by atoms with Gasteiger partial charge in [-0.1, -0.05) is 72.6 Å². The molecule has 1 aliphatic carbocycles. The lowest BCUT2D eigenvalue weighted by atomic mass is 9.86. The highest BCUT2D eigenvalue weighted by Gasteiger charge is 2.44. The maximum atomic E-state index is 12.3. The third-order valence-electron chi connectivity index (χ3n) is 4.77. The number of hydrazone groups is 1. The van der Waals surface area contributed by atoms with E-state index >= 15 is 0 Å². The van der Waals surface area contributed by atoms with E-state index in [-0.39, 0.29) is 33.9 Å². The lowest BCUT2D eigenvalue weighted by Crippen LogP contribution is -2.20. The van der Waals surface area contributed by atoms with E-state index in [0.717, 1.165) is 10.9 Å². The van der Waals surface area contributed by atoms with Crippen LogP contribution in [0.2, 0.25) is 5.02 Å². The van der Waals surface area contributed by atoms with Gasteiger partial charge in [0, 0.05) is 16.0 Å². The summed E-state index contributed by atoms with van der Waals surface area (Å²) < 4.78 is 0.721. The Kier molecular flexibility index (Phi) is 5.63. The number of amides is 1. The van der Waals surface area contributed by atoms with Crippen LogP contribution in [-0.4, -0.2) is 17.2 Å². The average molecular weight is 450 g/mol. The highest BCUT2D eigenvalue weighted by molar-refractivity contribution is 9.10. The molecule has 4 nitrogen and oxygen atoms in total.